The Labute approximate surface area is 73.9 Å². The maximum Gasteiger partial charge on any atom is 0.102 e. The van der Waals surface area contributed by atoms with Crippen LogP contribution in [0.25, 0.3) is 0 Å². The first kappa shape index (κ1) is 9.93. The molecule has 2 nitrogen and oxygen atoms in total. The number of rotatable bonds is 4. The van der Waals surface area contributed by atoms with Crippen molar-refractivity contribution in [3.8, 4) is 0 Å². The van der Waals surface area contributed by atoms with Crippen LogP contribution in [0.15, 0.2) is 0 Å². The molecule has 0 amide bonds. The Kier molecular flexibility index (Phi) is 4.54. The van der Waals surface area contributed by atoms with Crippen molar-refractivity contribution in [2.45, 2.75) is 19.3 Å². The highest BCUT2D eigenvalue weighted by Gasteiger charge is 2.18. The molecule has 0 spiro atoms. The molecule has 0 aromatic carbocycles. The van der Waals surface area contributed by atoms with Crippen LogP contribution in [0, 0.1) is 5.92 Å². The quantitative estimate of drug-likeness (QED) is 0.689. The van der Waals surface area contributed by atoms with Crippen LogP contribution in [0.4, 0.5) is 4.39 Å². The molecule has 0 saturated carbocycles. The lowest BCUT2D eigenvalue weighted by molar-refractivity contribution is 0.159. The lowest BCUT2D eigenvalue weighted by atomic mass is 9.95. The molecule has 2 N–H and O–H groups in total. The molecule has 3 heteroatoms. The fraction of sp³-hybridized carbons (Fsp3) is 1.00. The van der Waals surface area contributed by atoms with Crippen molar-refractivity contribution in [2.75, 3.05) is 32.9 Å². The van der Waals surface area contributed by atoms with Crippen molar-refractivity contribution in [3.05, 3.63) is 0 Å². The van der Waals surface area contributed by atoms with E-state index in [1.807, 2.05) is 0 Å². The molecule has 1 aliphatic rings. The standard InChI is InChI=1S/C9H19FN2/c10-4-7-12-6-1-2-9(8-12)3-5-11/h9H,1-8,11H2. The van der Waals surface area contributed by atoms with Crippen molar-refractivity contribution in [1.29, 1.82) is 0 Å². The molecule has 0 radical (unpaired) electrons. The first-order valence-corrected chi connectivity index (χ1v) is 4.85. The molecule has 1 unspecified atom stereocenters. The zero-order chi connectivity index (χ0) is 8.81. The molecule has 1 fully saturated rings. The van der Waals surface area contributed by atoms with E-state index in [-0.39, 0.29) is 6.67 Å². The Bertz CT molecular complexity index is 103. The van der Waals surface area contributed by atoms with Crippen LogP contribution in [-0.2, 0) is 0 Å². The molecule has 0 aliphatic carbocycles. The van der Waals surface area contributed by atoms with E-state index in [2.05, 4.69) is 4.90 Å². The summed E-state index contributed by atoms with van der Waals surface area (Å²) < 4.78 is 12.0. The van der Waals surface area contributed by atoms with E-state index in [1.54, 1.807) is 0 Å². The summed E-state index contributed by atoms with van der Waals surface area (Å²) in [5, 5.41) is 0. The molecular formula is C9H19FN2. The lowest BCUT2D eigenvalue weighted by Crippen LogP contribution is -2.37. The molecule has 1 heterocycles. The maximum atomic E-state index is 12.0. The first-order valence-electron chi connectivity index (χ1n) is 4.85. The van der Waals surface area contributed by atoms with Crippen LogP contribution >= 0.6 is 0 Å². The van der Waals surface area contributed by atoms with Gasteiger partial charge < -0.3 is 10.6 Å². The maximum absolute atomic E-state index is 12.0. The summed E-state index contributed by atoms with van der Waals surface area (Å²) >= 11 is 0. The van der Waals surface area contributed by atoms with Gasteiger partial charge in [0, 0.05) is 13.1 Å². The van der Waals surface area contributed by atoms with Crippen molar-refractivity contribution in [3.63, 3.8) is 0 Å². The molecule has 0 aromatic heterocycles. The van der Waals surface area contributed by atoms with Gasteiger partial charge in [-0.15, -0.1) is 0 Å². The van der Waals surface area contributed by atoms with E-state index in [1.165, 1.54) is 12.8 Å². The first-order chi connectivity index (χ1) is 5.86. The molecule has 72 valence electrons. The number of likely N-dealkylation sites (tertiary alicyclic amines) is 1. The monoisotopic (exact) mass is 174 g/mol. The van der Waals surface area contributed by atoms with Crippen LogP contribution in [0.3, 0.4) is 0 Å². The zero-order valence-corrected chi connectivity index (χ0v) is 7.64. The summed E-state index contributed by atoms with van der Waals surface area (Å²) in [6, 6.07) is 0. The van der Waals surface area contributed by atoms with E-state index in [0.717, 1.165) is 32.0 Å². The van der Waals surface area contributed by atoms with E-state index in [4.69, 9.17) is 5.73 Å². The molecule has 0 bridgehead atoms. The van der Waals surface area contributed by atoms with E-state index < -0.39 is 0 Å². The van der Waals surface area contributed by atoms with E-state index in [9.17, 15) is 4.39 Å². The number of halogens is 1. The van der Waals surface area contributed by atoms with Crippen molar-refractivity contribution < 1.29 is 4.39 Å². The highest BCUT2D eigenvalue weighted by molar-refractivity contribution is 4.72. The van der Waals surface area contributed by atoms with E-state index in [0.29, 0.717) is 6.54 Å². The fourth-order valence-electron chi connectivity index (χ4n) is 1.95. The van der Waals surface area contributed by atoms with Gasteiger partial charge in [-0.05, 0) is 38.3 Å². The summed E-state index contributed by atoms with van der Waals surface area (Å²) in [7, 11) is 0. The van der Waals surface area contributed by atoms with Gasteiger partial charge >= 0.3 is 0 Å². The molecule has 1 rings (SSSR count). The summed E-state index contributed by atoms with van der Waals surface area (Å²) in [5.74, 6) is 0.718. The van der Waals surface area contributed by atoms with Crippen LogP contribution in [0.1, 0.15) is 19.3 Å². The lowest BCUT2D eigenvalue weighted by Gasteiger charge is -2.31. The Morgan fingerprint density at radius 3 is 3.00 bits per heavy atom. The second kappa shape index (κ2) is 5.49. The number of hydrogen-bond donors (Lipinski definition) is 1. The topological polar surface area (TPSA) is 29.3 Å². The fourth-order valence-corrected chi connectivity index (χ4v) is 1.95. The highest BCUT2D eigenvalue weighted by atomic mass is 19.1. The third-order valence-corrected chi connectivity index (χ3v) is 2.58. The Hall–Kier alpha value is -0.150. The van der Waals surface area contributed by atoms with E-state index >= 15 is 0 Å². The van der Waals surface area contributed by atoms with Crippen LogP contribution in [0.2, 0.25) is 0 Å². The third-order valence-electron chi connectivity index (χ3n) is 2.58. The summed E-state index contributed by atoms with van der Waals surface area (Å²) in [6.07, 6.45) is 3.59. The summed E-state index contributed by atoms with van der Waals surface area (Å²) in [4.78, 5) is 2.21. The van der Waals surface area contributed by atoms with Crippen LogP contribution in [-0.4, -0.2) is 37.8 Å². The second-order valence-electron chi connectivity index (χ2n) is 3.58. The smallest absolute Gasteiger partial charge is 0.102 e. The molecule has 0 aromatic rings. The van der Waals surface area contributed by atoms with Crippen LogP contribution < -0.4 is 5.73 Å². The average Bonchev–Trinajstić information content (AvgIpc) is 2.06. The van der Waals surface area contributed by atoms with Gasteiger partial charge in [-0.1, -0.05) is 0 Å². The summed E-state index contributed by atoms with van der Waals surface area (Å²) in [6.45, 7) is 3.30. The third kappa shape index (κ3) is 3.07. The van der Waals surface area contributed by atoms with Crippen molar-refractivity contribution in [2.24, 2.45) is 11.7 Å². The second-order valence-corrected chi connectivity index (χ2v) is 3.58. The molecule has 1 aliphatic heterocycles. The van der Waals surface area contributed by atoms with Gasteiger partial charge in [-0.25, -0.2) is 4.39 Å². The van der Waals surface area contributed by atoms with Gasteiger partial charge in [0.1, 0.15) is 6.67 Å². The molecule has 1 atom stereocenters. The molecular weight excluding hydrogens is 155 g/mol. The number of piperidine rings is 1. The number of nitrogens with zero attached hydrogens (tertiary/aromatic N) is 1. The highest BCUT2D eigenvalue weighted by Crippen LogP contribution is 2.18. The van der Waals surface area contributed by atoms with Gasteiger partial charge in [0.05, 0.1) is 0 Å². The minimum Gasteiger partial charge on any atom is -0.330 e. The minimum atomic E-state index is -0.213. The van der Waals surface area contributed by atoms with Gasteiger partial charge in [0.2, 0.25) is 0 Å². The van der Waals surface area contributed by atoms with Gasteiger partial charge in [-0.2, -0.15) is 0 Å². The predicted octanol–water partition coefficient (Wildman–Crippen LogP) is 1.02. The SMILES string of the molecule is NCCC1CCCN(CCF)C1. The predicted molar refractivity (Wildman–Crippen MR) is 48.8 cm³/mol. The zero-order valence-electron chi connectivity index (χ0n) is 7.64. The van der Waals surface area contributed by atoms with Gasteiger partial charge in [-0.3, -0.25) is 0 Å². The van der Waals surface area contributed by atoms with Crippen molar-refractivity contribution in [1.82, 2.24) is 4.90 Å². The summed E-state index contributed by atoms with van der Waals surface area (Å²) in [5.41, 5.74) is 5.49. The number of alkyl halides is 1. The Morgan fingerprint density at radius 1 is 1.50 bits per heavy atom. The Morgan fingerprint density at radius 2 is 2.33 bits per heavy atom. The van der Waals surface area contributed by atoms with Gasteiger partial charge in [0.15, 0.2) is 0 Å². The van der Waals surface area contributed by atoms with Gasteiger partial charge in [0.25, 0.3) is 0 Å². The number of hydrogen-bond acceptors (Lipinski definition) is 2. The average molecular weight is 174 g/mol. The number of nitrogens with two attached hydrogens (primary N) is 1. The van der Waals surface area contributed by atoms with Crippen LogP contribution in [0.5, 0.6) is 0 Å². The largest absolute Gasteiger partial charge is 0.330 e. The molecule has 12 heavy (non-hydrogen) atoms. The van der Waals surface area contributed by atoms with Crippen molar-refractivity contribution >= 4 is 0 Å². The molecule has 1 saturated heterocycles. The normalized spacial score (nSPS) is 26.0. The Balaban J connectivity index is 2.20. The minimum absolute atomic E-state index is 0.213.